The van der Waals surface area contributed by atoms with Crippen molar-refractivity contribution >= 4 is 21.8 Å². The average Bonchev–Trinajstić information content (AvgIpc) is 2.24. The van der Waals surface area contributed by atoms with Crippen LogP contribution >= 0.6 is 15.9 Å². The second-order valence-electron chi connectivity index (χ2n) is 3.71. The standard InChI is InChI=1S/C11H15BrN2O2/c1-8(2)14(7-6-12)11(16)9-4-3-5-10(15)13-9/h3-5,8H,6-7H2,1-2H3,(H,13,15). The van der Waals surface area contributed by atoms with Crippen molar-refractivity contribution in [3.63, 3.8) is 0 Å². The summed E-state index contributed by atoms with van der Waals surface area (Å²) in [5, 5.41) is 0.716. The number of alkyl halides is 1. The molecule has 0 aliphatic rings. The van der Waals surface area contributed by atoms with Crippen LogP contribution in [0.15, 0.2) is 23.0 Å². The van der Waals surface area contributed by atoms with Gasteiger partial charge in [0.1, 0.15) is 5.69 Å². The molecule has 0 fully saturated rings. The molecule has 1 aromatic heterocycles. The van der Waals surface area contributed by atoms with Gasteiger partial charge in [0.25, 0.3) is 5.91 Å². The minimum atomic E-state index is -0.256. The van der Waals surface area contributed by atoms with Crippen molar-refractivity contribution in [2.75, 3.05) is 11.9 Å². The molecule has 1 heterocycles. The third-order valence-corrected chi connectivity index (χ3v) is 2.56. The van der Waals surface area contributed by atoms with E-state index in [4.69, 9.17) is 0 Å². The van der Waals surface area contributed by atoms with Crippen molar-refractivity contribution in [1.29, 1.82) is 0 Å². The van der Waals surface area contributed by atoms with Crippen molar-refractivity contribution in [3.05, 3.63) is 34.2 Å². The molecule has 4 nitrogen and oxygen atoms in total. The molecule has 0 atom stereocenters. The highest BCUT2D eigenvalue weighted by Crippen LogP contribution is 2.05. The van der Waals surface area contributed by atoms with Crippen molar-refractivity contribution in [3.8, 4) is 0 Å². The van der Waals surface area contributed by atoms with Crippen LogP contribution in [-0.2, 0) is 0 Å². The van der Waals surface area contributed by atoms with Gasteiger partial charge < -0.3 is 9.88 Å². The van der Waals surface area contributed by atoms with Crippen LogP contribution in [0.1, 0.15) is 24.3 Å². The maximum absolute atomic E-state index is 12.1. The molecule has 0 aliphatic heterocycles. The van der Waals surface area contributed by atoms with Crippen LogP contribution in [-0.4, -0.2) is 33.7 Å². The zero-order valence-corrected chi connectivity index (χ0v) is 11.0. The van der Waals surface area contributed by atoms with E-state index < -0.39 is 0 Å². The molecule has 88 valence electrons. The number of aromatic amines is 1. The second-order valence-corrected chi connectivity index (χ2v) is 4.50. The molecule has 16 heavy (non-hydrogen) atoms. The Morgan fingerprint density at radius 1 is 1.50 bits per heavy atom. The summed E-state index contributed by atoms with van der Waals surface area (Å²) in [7, 11) is 0. The first kappa shape index (κ1) is 13.0. The molecule has 0 bridgehead atoms. The van der Waals surface area contributed by atoms with Gasteiger partial charge in [0.2, 0.25) is 5.56 Å². The van der Waals surface area contributed by atoms with Gasteiger partial charge in [-0.1, -0.05) is 22.0 Å². The van der Waals surface area contributed by atoms with Crippen LogP contribution in [0.4, 0.5) is 0 Å². The number of H-pyrrole nitrogens is 1. The molecule has 1 aromatic rings. The van der Waals surface area contributed by atoms with Crippen molar-refractivity contribution < 1.29 is 4.79 Å². The van der Waals surface area contributed by atoms with E-state index in [1.807, 2.05) is 13.8 Å². The van der Waals surface area contributed by atoms with Crippen LogP contribution in [0.3, 0.4) is 0 Å². The smallest absolute Gasteiger partial charge is 0.270 e. The predicted octanol–water partition coefficient (Wildman–Crippen LogP) is 1.62. The second kappa shape index (κ2) is 5.84. The summed E-state index contributed by atoms with van der Waals surface area (Å²) in [6.45, 7) is 4.51. The molecule has 0 aliphatic carbocycles. The number of halogens is 1. The van der Waals surface area contributed by atoms with Crippen molar-refractivity contribution in [2.24, 2.45) is 0 Å². The first-order valence-electron chi connectivity index (χ1n) is 5.12. The van der Waals surface area contributed by atoms with Crippen LogP contribution in [0.5, 0.6) is 0 Å². The Labute approximate surface area is 103 Å². The molecule has 1 rings (SSSR count). The van der Waals surface area contributed by atoms with Gasteiger partial charge in [-0.2, -0.15) is 0 Å². The van der Waals surface area contributed by atoms with Gasteiger partial charge in [0.05, 0.1) is 0 Å². The fourth-order valence-corrected chi connectivity index (χ4v) is 1.79. The van der Waals surface area contributed by atoms with E-state index in [2.05, 4.69) is 20.9 Å². The first-order valence-corrected chi connectivity index (χ1v) is 6.24. The molecule has 0 saturated heterocycles. The SMILES string of the molecule is CC(C)N(CCBr)C(=O)c1cccc(=O)[nH]1. The van der Waals surface area contributed by atoms with E-state index in [9.17, 15) is 9.59 Å². The average molecular weight is 287 g/mol. The molecule has 1 N–H and O–H groups in total. The lowest BCUT2D eigenvalue weighted by molar-refractivity contribution is 0.0713. The lowest BCUT2D eigenvalue weighted by Crippen LogP contribution is -2.39. The number of nitrogens with one attached hydrogen (secondary N) is 1. The number of carbonyl (C=O) groups excluding carboxylic acids is 1. The van der Waals surface area contributed by atoms with E-state index in [1.165, 1.54) is 6.07 Å². The highest BCUT2D eigenvalue weighted by Gasteiger charge is 2.18. The van der Waals surface area contributed by atoms with Crippen molar-refractivity contribution in [1.82, 2.24) is 9.88 Å². The molecule has 0 aromatic carbocycles. The summed E-state index contributed by atoms with van der Waals surface area (Å²) in [6.07, 6.45) is 0. The monoisotopic (exact) mass is 286 g/mol. The normalized spacial score (nSPS) is 10.5. The largest absolute Gasteiger partial charge is 0.334 e. The molecule has 0 unspecified atom stereocenters. The van der Waals surface area contributed by atoms with Gasteiger partial charge in [0.15, 0.2) is 0 Å². The maximum Gasteiger partial charge on any atom is 0.270 e. The summed E-state index contributed by atoms with van der Waals surface area (Å²) in [6, 6.07) is 4.70. The number of hydrogen-bond donors (Lipinski definition) is 1. The Kier molecular flexibility index (Phi) is 4.73. The Morgan fingerprint density at radius 3 is 2.69 bits per heavy atom. The van der Waals surface area contributed by atoms with Gasteiger partial charge in [-0.15, -0.1) is 0 Å². The van der Waals surface area contributed by atoms with Gasteiger partial charge >= 0.3 is 0 Å². The summed E-state index contributed by atoms with van der Waals surface area (Å²) < 4.78 is 0. The number of amides is 1. The summed E-state index contributed by atoms with van der Waals surface area (Å²) in [4.78, 5) is 27.4. The van der Waals surface area contributed by atoms with Gasteiger partial charge in [-0.05, 0) is 19.9 Å². The number of aromatic nitrogens is 1. The molecule has 5 heteroatoms. The molecule has 0 radical (unpaired) electrons. The fourth-order valence-electron chi connectivity index (χ4n) is 1.41. The van der Waals surface area contributed by atoms with Gasteiger partial charge in [-0.3, -0.25) is 9.59 Å². The summed E-state index contributed by atoms with van der Waals surface area (Å²) >= 11 is 3.31. The van der Waals surface area contributed by atoms with Crippen LogP contribution in [0.25, 0.3) is 0 Å². The third-order valence-electron chi connectivity index (χ3n) is 2.21. The van der Waals surface area contributed by atoms with Crippen molar-refractivity contribution in [2.45, 2.75) is 19.9 Å². The molecule has 0 saturated carbocycles. The van der Waals surface area contributed by atoms with E-state index in [-0.39, 0.29) is 17.5 Å². The van der Waals surface area contributed by atoms with Gasteiger partial charge in [-0.25, -0.2) is 0 Å². The molecular formula is C11H15BrN2O2. The minimum Gasteiger partial charge on any atom is -0.334 e. The molecule has 1 amide bonds. The van der Waals surface area contributed by atoms with Crippen LogP contribution < -0.4 is 5.56 Å². The third kappa shape index (κ3) is 3.20. The number of pyridine rings is 1. The Balaban J connectivity index is 2.94. The first-order chi connectivity index (χ1) is 7.56. The Hall–Kier alpha value is -1.10. The zero-order chi connectivity index (χ0) is 12.1. The van der Waals surface area contributed by atoms with E-state index in [1.54, 1.807) is 17.0 Å². The highest BCUT2D eigenvalue weighted by molar-refractivity contribution is 9.09. The molecule has 0 spiro atoms. The molecular weight excluding hydrogens is 272 g/mol. The fraction of sp³-hybridized carbons (Fsp3) is 0.455. The number of hydrogen-bond acceptors (Lipinski definition) is 2. The van der Waals surface area contributed by atoms with Crippen LogP contribution in [0, 0.1) is 0 Å². The lowest BCUT2D eigenvalue weighted by Gasteiger charge is -2.25. The topological polar surface area (TPSA) is 53.2 Å². The van der Waals surface area contributed by atoms with E-state index in [0.717, 1.165) is 0 Å². The maximum atomic E-state index is 12.1. The highest BCUT2D eigenvalue weighted by atomic mass is 79.9. The van der Waals surface area contributed by atoms with Gasteiger partial charge in [0, 0.05) is 24.0 Å². The van der Waals surface area contributed by atoms with E-state index >= 15 is 0 Å². The Morgan fingerprint density at radius 2 is 2.19 bits per heavy atom. The Bertz CT molecular complexity index is 414. The quantitative estimate of drug-likeness (QED) is 0.856. The number of rotatable bonds is 4. The zero-order valence-electron chi connectivity index (χ0n) is 9.37. The summed E-state index contributed by atoms with van der Waals surface area (Å²) in [5.41, 5.74) is 0.0792. The lowest BCUT2D eigenvalue weighted by atomic mass is 10.2. The number of carbonyl (C=O) groups is 1. The minimum absolute atomic E-state index is 0.105. The van der Waals surface area contributed by atoms with E-state index in [0.29, 0.717) is 17.6 Å². The van der Waals surface area contributed by atoms with Crippen LogP contribution in [0.2, 0.25) is 0 Å². The predicted molar refractivity (Wildman–Crippen MR) is 67.0 cm³/mol. The number of nitrogens with zero attached hydrogens (tertiary/aromatic N) is 1. The summed E-state index contributed by atoms with van der Waals surface area (Å²) in [5.74, 6) is -0.146.